The third-order valence-corrected chi connectivity index (χ3v) is 6.56. The Kier molecular flexibility index (Phi) is 11.6. The number of likely N-dealkylation sites (tertiary alicyclic amines) is 1. The van der Waals surface area contributed by atoms with Crippen molar-refractivity contribution in [2.24, 2.45) is 16.1 Å². The molecule has 9 heteroatoms. The molecule has 204 valence electrons. The van der Waals surface area contributed by atoms with Gasteiger partial charge in [-0.2, -0.15) is 0 Å². The van der Waals surface area contributed by atoms with E-state index in [0.717, 1.165) is 17.9 Å². The number of benzene rings is 1. The Hall–Kier alpha value is -3.59. The summed E-state index contributed by atoms with van der Waals surface area (Å²) in [5.74, 6) is 0.166. The highest BCUT2D eigenvalue weighted by Gasteiger charge is 2.39. The van der Waals surface area contributed by atoms with Crippen molar-refractivity contribution < 1.29 is 18.4 Å². The lowest BCUT2D eigenvalue weighted by molar-refractivity contribution is -0.113. The SMILES string of the molecule is CC.CC(=O)/C(N)=C1\CN(C(=O)c2cccs2)CC(C)(C)C1=NCc1ccc(F)cc1.CCc1ncco1. The summed E-state index contributed by atoms with van der Waals surface area (Å²) in [6, 6.07) is 9.77. The van der Waals surface area contributed by atoms with E-state index in [4.69, 9.17) is 15.1 Å². The highest BCUT2D eigenvalue weighted by atomic mass is 32.1. The Bertz CT molecular complexity index is 1230. The number of rotatable bonds is 5. The summed E-state index contributed by atoms with van der Waals surface area (Å²) in [5, 5.41) is 1.86. The highest BCUT2D eigenvalue weighted by molar-refractivity contribution is 7.12. The molecule has 0 saturated carbocycles. The first kappa shape index (κ1) is 30.6. The summed E-state index contributed by atoms with van der Waals surface area (Å²) in [6.45, 7) is 12.4. The number of oxazole rings is 1. The summed E-state index contributed by atoms with van der Waals surface area (Å²) >= 11 is 1.38. The molecule has 0 bridgehead atoms. The van der Waals surface area contributed by atoms with Gasteiger partial charge in [-0.15, -0.1) is 11.3 Å². The summed E-state index contributed by atoms with van der Waals surface area (Å²) in [7, 11) is 0. The molecule has 0 radical (unpaired) electrons. The maximum atomic E-state index is 13.2. The molecular weight excluding hydrogens is 503 g/mol. The van der Waals surface area contributed by atoms with Crippen LogP contribution in [0.1, 0.15) is 62.7 Å². The molecular formula is C29H37FN4O3S. The van der Waals surface area contributed by atoms with Crippen molar-refractivity contribution in [1.29, 1.82) is 0 Å². The minimum Gasteiger partial charge on any atom is -0.449 e. The smallest absolute Gasteiger partial charge is 0.264 e. The normalized spacial score (nSPS) is 16.6. The zero-order valence-electron chi connectivity index (χ0n) is 23.0. The van der Waals surface area contributed by atoms with E-state index in [2.05, 4.69) is 4.98 Å². The van der Waals surface area contributed by atoms with Crippen LogP contribution in [-0.4, -0.2) is 40.4 Å². The molecule has 0 atom stereocenters. The lowest BCUT2D eigenvalue weighted by atomic mass is 9.78. The first-order valence-electron chi connectivity index (χ1n) is 12.6. The van der Waals surface area contributed by atoms with Crippen LogP contribution in [0.3, 0.4) is 0 Å². The number of thiophene rings is 1. The predicted molar refractivity (Wildman–Crippen MR) is 151 cm³/mol. The molecule has 0 aliphatic carbocycles. The molecule has 2 N–H and O–H groups in total. The van der Waals surface area contributed by atoms with Crippen molar-refractivity contribution in [3.8, 4) is 0 Å². The van der Waals surface area contributed by atoms with Gasteiger partial charge in [0.05, 0.1) is 23.3 Å². The van der Waals surface area contributed by atoms with Gasteiger partial charge in [-0.25, -0.2) is 9.37 Å². The molecule has 0 unspecified atom stereocenters. The maximum Gasteiger partial charge on any atom is 0.264 e. The number of amides is 1. The topological polar surface area (TPSA) is 102 Å². The second-order valence-corrected chi connectivity index (χ2v) is 9.99. The fourth-order valence-electron chi connectivity index (χ4n) is 3.90. The van der Waals surface area contributed by atoms with Crippen LogP contribution in [0.4, 0.5) is 4.39 Å². The standard InChI is InChI=1S/C22H24FN3O2S.C5H7NO.C2H6/c1-14(27)19(24)17-12-26(21(28)18-5-4-10-29-18)13-22(2,3)20(17)25-11-15-6-8-16(23)9-7-15;1-2-5-6-3-4-7-5;1-2/h4-10H,11-13,24H2,1-3H3;3-4H,2H2,1H3;1-2H3/b19-17-,25-20?;;. The van der Waals surface area contributed by atoms with Gasteiger partial charge in [0.1, 0.15) is 12.1 Å². The van der Waals surface area contributed by atoms with E-state index < -0.39 is 5.41 Å². The van der Waals surface area contributed by atoms with Crippen LogP contribution >= 0.6 is 11.3 Å². The molecule has 2 aromatic heterocycles. The molecule has 4 rings (SSSR count). The number of nitrogens with zero attached hydrogens (tertiary/aromatic N) is 3. The number of nitrogens with two attached hydrogens (primary N) is 1. The van der Waals surface area contributed by atoms with E-state index in [1.54, 1.807) is 35.6 Å². The van der Waals surface area contributed by atoms with Crippen molar-refractivity contribution in [1.82, 2.24) is 9.88 Å². The van der Waals surface area contributed by atoms with E-state index in [1.165, 1.54) is 30.4 Å². The number of halogens is 1. The lowest BCUT2D eigenvalue weighted by Gasteiger charge is -2.41. The van der Waals surface area contributed by atoms with Gasteiger partial charge in [-0.1, -0.05) is 52.8 Å². The Labute approximate surface area is 228 Å². The number of aromatic nitrogens is 1. The van der Waals surface area contributed by atoms with E-state index in [0.29, 0.717) is 29.3 Å². The number of aryl methyl sites for hydroxylation is 1. The molecule has 1 aromatic carbocycles. The van der Waals surface area contributed by atoms with E-state index in [-0.39, 0.29) is 29.7 Å². The van der Waals surface area contributed by atoms with Gasteiger partial charge in [0.2, 0.25) is 0 Å². The van der Waals surface area contributed by atoms with Crippen LogP contribution in [0.5, 0.6) is 0 Å². The van der Waals surface area contributed by atoms with Gasteiger partial charge in [-0.3, -0.25) is 14.6 Å². The molecule has 3 aromatic rings. The first-order chi connectivity index (χ1) is 18.1. The van der Waals surface area contributed by atoms with Crippen LogP contribution in [0, 0.1) is 11.2 Å². The Morgan fingerprint density at radius 3 is 2.39 bits per heavy atom. The van der Waals surface area contributed by atoms with Gasteiger partial charge in [-0.05, 0) is 29.1 Å². The summed E-state index contributed by atoms with van der Waals surface area (Å²) in [5.41, 5.74) is 7.91. The number of aliphatic imine (C=N–C) groups is 1. The Balaban J connectivity index is 0.000000481. The molecule has 1 aliphatic rings. The van der Waals surface area contributed by atoms with Gasteiger partial charge in [0.15, 0.2) is 11.7 Å². The van der Waals surface area contributed by atoms with Crippen molar-refractivity contribution in [3.05, 3.63) is 87.7 Å². The van der Waals surface area contributed by atoms with Gasteiger partial charge in [0, 0.05) is 43.1 Å². The Morgan fingerprint density at radius 2 is 1.89 bits per heavy atom. The minimum atomic E-state index is -0.499. The number of Topliss-reactive ketones (excluding diaryl/α,β-unsaturated/α-hetero) is 1. The van der Waals surface area contributed by atoms with Crippen LogP contribution in [0.2, 0.25) is 0 Å². The molecule has 7 nitrogen and oxygen atoms in total. The second-order valence-electron chi connectivity index (χ2n) is 9.04. The van der Waals surface area contributed by atoms with Gasteiger partial charge in [0.25, 0.3) is 5.91 Å². The van der Waals surface area contributed by atoms with Crippen molar-refractivity contribution in [2.45, 2.75) is 54.5 Å². The van der Waals surface area contributed by atoms with Crippen molar-refractivity contribution in [2.75, 3.05) is 13.1 Å². The number of hydrogen-bond donors (Lipinski definition) is 1. The average Bonchev–Trinajstić information content (AvgIpc) is 3.63. The first-order valence-corrected chi connectivity index (χ1v) is 13.5. The predicted octanol–water partition coefficient (Wildman–Crippen LogP) is 6.08. The lowest BCUT2D eigenvalue weighted by Crippen LogP contribution is -2.51. The zero-order valence-corrected chi connectivity index (χ0v) is 23.8. The monoisotopic (exact) mass is 540 g/mol. The van der Waals surface area contributed by atoms with Crippen molar-refractivity contribution in [3.63, 3.8) is 0 Å². The van der Waals surface area contributed by atoms with Crippen LogP contribution in [0.25, 0.3) is 0 Å². The number of hydrogen-bond acceptors (Lipinski definition) is 7. The fraction of sp³-hybridized carbons (Fsp3) is 0.379. The van der Waals surface area contributed by atoms with E-state index in [1.807, 2.05) is 46.1 Å². The summed E-state index contributed by atoms with van der Waals surface area (Å²) < 4.78 is 18.0. The minimum absolute atomic E-state index is 0.0838. The van der Waals surface area contributed by atoms with Crippen LogP contribution < -0.4 is 5.73 Å². The van der Waals surface area contributed by atoms with Crippen molar-refractivity contribution >= 4 is 28.7 Å². The quantitative estimate of drug-likeness (QED) is 0.396. The molecule has 1 saturated heterocycles. The highest BCUT2D eigenvalue weighted by Crippen LogP contribution is 2.32. The largest absolute Gasteiger partial charge is 0.449 e. The van der Waals surface area contributed by atoms with Crippen LogP contribution in [-0.2, 0) is 17.8 Å². The summed E-state index contributed by atoms with van der Waals surface area (Å²) in [6.07, 6.45) is 4.12. The molecule has 1 fully saturated rings. The van der Waals surface area contributed by atoms with Gasteiger partial charge >= 0.3 is 0 Å². The number of piperidine rings is 1. The summed E-state index contributed by atoms with van der Waals surface area (Å²) in [4.78, 5) is 35.9. The number of carbonyl (C=O) groups excluding carboxylic acids is 2. The van der Waals surface area contributed by atoms with E-state index in [9.17, 15) is 14.0 Å². The number of allylic oxidation sites excluding steroid dienone is 1. The molecule has 1 aliphatic heterocycles. The number of carbonyl (C=O) groups is 2. The molecule has 3 heterocycles. The van der Waals surface area contributed by atoms with E-state index >= 15 is 0 Å². The third-order valence-electron chi connectivity index (χ3n) is 5.70. The third kappa shape index (κ3) is 8.21. The zero-order chi connectivity index (χ0) is 28.3. The number of ketones is 1. The Morgan fingerprint density at radius 1 is 1.21 bits per heavy atom. The van der Waals surface area contributed by atoms with Crippen LogP contribution in [0.15, 0.2) is 74.9 Å². The fourth-order valence-corrected chi connectivity index (χ4v) is 4.60. The second kappa shape index (κ2) is 14.4. The average molecular weight is 541 g/mol. The maximum absolute atomic E-state index is 13.2. The molecule has 38 heavy (non-hydrogen) atoms. The molecule has 1 amide bonds. The molecule has 0 spiro atoms. The van der Waals surface area contributed by atoms with Gasteiger partial charge < -0.3 is 15.1 Å².